The Labute approximate surface area is 194 Å². The van der Waals surface area contributed by atoms with Crippen molar-refractivity contribution >= 4 is 30.9 Å². The molecule has 0 spiro atoms. The number of pyridine rings is 1. The Bertz CT molecular complexity index is 987. The predicted molar refractivity (Wildman–Crippen MR) is 126 cm³/mol. The molecule has 2 aliphatic rings. The van der Waals surface area contributed by atoms with Crippen LogP contribution < -0.4 is 5.32 Å². The van der Waals surface area contributed by atoms with Crippen molar-refractivity contribution < 1.29 is 9.53 Å². The number of carbonyl (C=O) groups excluding carboxylic acids is 1. The van der Waals surface area contributed by atoms with E-state index in [1.54, 1.807) is 6.20 Å². The molecule has 31 heavy (non-hydrogen) atoms. The van der Waals surface area contributed by atoms with Crippen LogP contribution in [0.4, 0.5) is 4.79 Å². The summed E-state index contributed by atoms with van der Waals surface area (Å²) in [4.78, 5) is 19.0. The van der Waals surface area contributed by atoms with Gasteiger partial charge in [-0.25, -0.2) is 4.79 Å². The first kappa shape index (κ1) is 23.1. The van der Waals surface area contributed by atoms with E-state index in [9.17, 15) is 4.79 Å². The van der Waals surface area contributed by atoms with Crippen LogP contribution in [0.25, 0.3) is 11.1 Å². The van der Waals surface area contributed by atoms with E-state index >= 15 is 0 Å². The van der Waals surface area contributed by atoms with Gasteiger partial charge in [-0.1, -0.05) is 54.6 Å². The molecule has 162 valence electrons. The molecule has 0 bridgehead atoms. The molecule has 1 aromatic heterocycles. The number of nitrogens with zero attached hydrogens (tertiary/aromatic N) is 2. The highest BCUT2D eigenvalue weighted by Gasteiger charge is 2.32. The zero-order valence-corrected chi connectivity index (χ0v) is 18.6. The second-order valence-electron chi connectivity index (χ2n) is 7.50. The number of hydrogen-bond donors (Lipinski definition) is 1. The Morgan fingerprint density at radius 1 is 1.00 bits per heavy atom. The fraction of sp³-hybridized carbons (Fsp3) is 0.250. The van der Waals surface area contributed by atoms with E-state index in [-0.39, 0.29) is 42.9 Å². The third-order valence-electron chi connectivity index (χ3n) is 5.88. The summed E-state index contributed by atoms with van der Waals surface area (Å²) in [5.74, 6) is 0.0751. The topological polar surface area (TPSA) is 54.5 Å². The summed E-state index contributed by atoms with van der Waals surface area (Å²) in [5, 5.41) is 3.36. The van der Waals surface area contributed by atoms with Gasteiger partial charge in [0.25, 0.3) is 0 Å². The van der Waals surface area contributed by atoms with Crippen molar-refractivity contribution in [1.29, 1.82) is 0 Å². The number of aromatic nitrogens is 1. The third-order valence-corrected chi connectivity index (χ3v) is 5.88. The van der Waals surface area contributed by atoms with Crippen LogP contribution in [-0.2, 0) is 4.74 Å². The summed E-state index contributed by atoms with van der Waals surface area (Å²) in [7, 11) is 0. The van der Waals surface area contributed by atoms with Crippen LogP contribution in [0.1, 0.15) is 28.7 Å². The van der Waals surface area contributed by atoms with Crippen molar-refractivity contribution in [2.24, 2.45) is 0 Å². The Morgan fingerprint density at radius 2 is 1.68 bits per heavy atom. The molecule has 1 amide bonds. The molecule has 1 unspecified atom stereocenters. The maximum Gasteiger partial charge on any atom is 0.410 e. The van der Waals surface area contributed by atoms with Gasteiger partial charge in [-0.05, 0) is 33.9 Å². The van der Waals surface area contributed by atoms with Gasteiger partial charge in [-0.3, -0.25) is 9.88 Å². The first-order chi connectivity index (χ1) is 14.3. The maximum atomic E-state index is 13.0. The molecule has 2 heterocycles. The molecule has 2 aromatic carbocycles. The van der Waals surface area contributed by atoms with Gasteiger partial charge in [0, 0.05) is 37.9 Å². The minimum Gasteiger partial charge on any atom is -0.448 e. The summed E-state index contributed by atoms with van der Waals surface area (Å²) in [6.07, 6.45) is 3.31. The summed E-state index contributed by atoms with van der Waals surface area (Å²) in [5.41, 5.74) is 5.95. The van der Waals surface area contributed by atoms with Crippen LogP contribution in [0.15, 0.2) is 73.1 Å². The predicted octanol–water partition coefficient (Wildman–Crippen LogP) is 4.82. The lowest BCUT2D eigenvalue weighted by Crippen LogP contribution is -2.49. The van der Waals surface area contributed by atoms with E-state index in [0.717, 1.165) is 12.1 Å². The molecule has 1 saturated heterocycles. The second-order valence-corrected chi connectivity index (χ2v) is 7.50. The largest absolute Gasteiger partial charge is 0.448 e. The lowest BCUT2D eigenvalue weighted by molar-refractivity contribution is 0.0752. The van der Waals surface area contributed by atoms with E-state index in [1.165, 1.54) is 22.3 Å². The highest BCUT2D eigenvalue weighted by molar-refractivity contribution is 5.85. The number of rotatable bonds is 3. The monoisotopic (exact) mass is 457 g/mol. The number of hydrogen-bond acceptors (Lipinski definition) is 4. The number of benzene rings is 2. The minimum atomic E-state index is -0.262. The van der Waals surface area contributed by atoms with E-state index in [4.69, 9.17) is 4.74 Å². The number of piperazine rings is 1. The molecule has 3 aromatic rings. The average Bonchev–Trinajstić information content (AvgIpc) is 3.12. The van der Waals surface area contributed by atoms with Crippen LogP contribution in [-0.4, -0.2) is 42.2 Å². The third kappa shape index (κ3) is 4.40. The quantitative estimate of drug-likeness (QED) is 0.612. The fourth-order valence-corrected chi connectivity index (χ4v) is 4.47. The zero-order valence-electron chi connectivity index (χ0n) is 16.9. The van der Waals surface area contributed by atoms with Gasteiger partial charge in [0.1, 0.15) is 6.61 Å². The zero-order chi connectivity index (χ0) is 19.6. The summed E-state index contributed by atoms with van der Waals surface area (Å²) >= 11 is 0. The van der Waals surface area contributed by atoms with Gasteiger partial charge in [-0.15, -0.1) is 24.8 Å². The summed E-state index contributed by atoms with van der Waals surface area (Å²) in [6.45, 7) is 2.43. The summed E-state index contributed by atoms with van der Waals surface area (Å²) in [6, 6.07) is 20.6. The number of amides is 1. The van der Waals surface area contributed by atoms with E-state index in [2.05, 4.69) is 46.7 Å². The lowest BCUT2D eigenvalue weighted by atomic mass is 9.98. The molecular formula is C24H25Cl2N3O2. The van der Waals surface area contributed by atoms with Crippen LogP contribution in [0.5, 0.6) is 0 Å². The van der Waals surface area contributed by atoms with E-state index in [0.29, 0.717) is 19.7 Å². The van der Waals surface area contributed by atoms with E-state index in [1.807, 2.05) is 35.4 Å². The Hall–Kier alpha value is -2.60. The molecule has 0 radical (unpaired) electrons. The van der Waals surface area contributed by atoms with Crippen LogP contribution in [0.2, 0.25) is 0 Å². The Morgan fingerprint density at radius 3 is 2.32 bits per heavy atom. The van der Waals surface area contributed by atoms with Crippen molar-refractivity contribution in [3.63, 3.8) is 0 Å². The number of ether oxygens (including phenoxy) is 1. The van der Waals surface area contributed by atoms with Crippen LogP contribution in [0, 0.1) is 0 Å². The van der Waals surface area contributed by atoms with Crippen molar-refractivity contribution in [2.45, 2.75) is 12.0 Å². The molecule has 1 aliphatic heterocycles. The highest BCUT2D eigenvalue weighted by Crippen LogP contribution is 2.44. The van der Waals surface area contributed by atoms with Crippen molar-refractivity contribution in [2.75, 3.05) is 26.2 Å². The van der Waals surface area contributed by atoms with Crippen molar-refractivity contribution in [3.05, 3.63) is 89.7 Å². The Balaban J connectivity index is 0.00000136. The van der Waals surface area contributed by atoms with Gasteiger partial charge in [0.2, 0.25) is 0 Å². The number of carbonyl (C=O) groups is 1. The number of fused-ring (bicyclic) bond motifs is 3. The molecular weight excluding hydrogens is 433 g/mol. The van der Waals surface area contributed by atoms with Gasteiger partial charge < -0.3 is 10.1 Å². The Kier molecular flexibility index (Phi) is 7.55. The summed E-state index contributed by atoms with van der Waals surface area (Å²) < 4.78 is 5.87. The number of halogens is 2. The number of nitrogens with one attached hydrogen (secondary N) is 1. The first-order valence-corrected chi connectivity index (χ1v) is 10.0. The molecule has 0 saturated carbocycles. The molecule has 5 rings (SSSR count). The first-order valence-electron chi connectivity index (χ1n) is 10.0. The fourth-order valence-electron chi connectivity index (χ4n) is 4.47. The molecule has 1 aliphatic carbocycles. The van der Waals surface area contributed by atoms with E-state index < -0.39 is 0 Å². The lowest BCUT2D eigenvalue weighted by Gasteiger charge is -2.35. The van der Waals surface area contributed by atoms with Crippen LogP contribution in [0.3, 0.4) is 0 Å². The average molecular weight is 458 g/mol. The van der Waals surface area contributed by atoms with Crippen LogP contribution >= 0.6 is 24.8 Å². The molecule has 5 nitrogen and oxygen atoms in total. The van der Waals surface area contributed by atoms with Gasteiger partial charge in [-0.2, -0.15) is 0 Å². The highest BCUT2D eigenvalue weighted by atomic mass is 35.5. The van der Waals surface area contributed by atoms with Gasteiger partial charge in [0.15, 0.2) is 0 Å². The maximum absolute atomic E-state index is 13.0. The minimum absolute atomic E-state index is 0. The van der Waals surface area contributed by atoms with Crippen molar-refractivity contribution in [3.8, 4) is 11.1 Å². The second kappa shape index (κ2) is 10.1. The van der Waals surface area contributed by atoms with Gasteiger partial charge >= 0.3 is 6.09 Å². The molecule has 7 heteroatoms. The normalized spacial score (nSPS) is 17.0. The molecule has 1 N–H and O–H groups in total. The SMILES string of the molecule is Cl.Cl.O=C(OCC1c2ccccc2-c2ccccc21)N1CCNCC1c1cccnc1. The molecule has 1 atom stereocenters. The van der Waals surface area contributed by atoms with Crippen molar-refractivity contribution in [1.82, 2.24) is 15.2 Å². The molecule has 1 fully saturated rings. The standard InChI is InChI=1S/C24H23N3O2.2ClH/c28-24(27-13-12-26-15-23(27)17-6-5-11-25-14-17)29-16-22-20-9-3-1-7-18(20)19-8-2-4-10-21(19)22;;/h1-11,14,22-23,26H,12-13,15-16H2;2*1H. The smallest absolute Gasteiger partial charge is 0.410 e. The van der Waals surface area contributed by atoms with Gasteiger partial charge in [0.05, 0.1) is 6.04 Å².